The maximum absolute atomic E-state index is 5.62. The molecule has 24 heavy (non-hydrogen) atoms. The Hall–Kier alpha value is -2.60. The molecule has 0 aliphatic heterocycles. The van der Waals surface area contributed by atoms with Gasteiger partial charge in [0.05, 0.1) is 29.0 Å². The third kappa shape index (κ3) is 3.19. The number of para-hydroxylation sites is 3. The number of nitrogens with zero attached hydrogens (tertiary/aromatic N) is 2. The first kappa shape index (κ1) is 16.3. The van der Waals surface area contributed by atoms with Crippen molar-refractivity contribution >= 4 is 39.7 Å². The van der Waals surface area contributed by atoms with Crippen molar-refractivity contribution in [1.29, 1.82) is 0 Å². The molecule has 0 spiro atoms. The van der Waals surface area contributed by atoms with E-state index in [1.807, 2.05) is 63.4 Å². The van der Waals surface area contributed by atoms with Gasteiger partial charge in [-0.05, 0) is 50.3 Å². The summed E-state index contributed by atoms with van der Waals surface area (Å²) in [6, 6.07) is 13.7. The Morgan fingerprint density at radius 1 is 1.12 bits per heavy atom. The SMILES string of the molecule is CCOc1ccccc1NC(=S)Nc1cccc2nc(C)n(C)c12. The number of aromatic nitrogens is 2. The van der Waals surface area contributed by atoms with Crippen LogP contribution in [0.15, 0.2) is 42.5 Å². The predicted octanol–water partition coefficient (Wildman–Crippen LogP) is 4.09. The monoisotopic (exact) mass is 340 g/mol. The number of anilines is 2. The number of hydrogen-bond donors (Lipinski definition) is 2. The number of rotatable bonds is 4. The van der Waals surface area contributed by atoms with Crippen molar-refractivity contribution in [2.45, 2.75) is 13.8 Å². The van der Waals surface area contributed by atoms with Gasteiger partial charge in [0.25, 0.3) is 0 Å². The number of hydrogen-bond acceptors (Lipinski definition) is 3. The van der Waals surface area contributed by atoms with E-state index in [0.717, 1.165) is 34.0 Å². The lowest BCUT2D eigenvalue weighted by molar-refractivity contribution is 0.342. The summed E-state index contributed by atoms with van der Waals surface area (Å²) in [4.78, 5) is 4.54. The Bertz CT molecular complexity index is 888. The smallest absolute Gasteiger partial charge is 0.175 e. The van der Waals surface area contributed by atoms with Gasteiger partial charge in [-0.3, -0.25) is 0 Å². The minimum Gasteiger partial charge on any atom is -0.492 e. The van der Waals surface area contributed by atoms with E-state index in [2.05, 4.69) is 20.2 Å². The average Bonchev–Trinajstić information content (AvgIpc) is 2.85. The van der Waals surface area contributed by atoms with Crippen LogP contribution in [0.4, 0.5) is 11.4 Å². The van der Waals surface area contributed by atoms with Crippen LogP contribution in [0.1, 0.15) is 12.7 Å². The summed E-state index contributed by atoms with van der Waals surface area (Å²) in [5, 5.41) is 6.97. The van der Waals surface area contributed by atoms with Crippen LogP contribution in [0.2, 0.25) is 0 Å². The summed E-state index contributed by atoms with van der Waals surface area (Å²) in [5.74, 6) is 1.73. The zero-order valence-corrected chi connectivity index (χ0v) is 14.8. The van der Waals surface area contributed by atoms with E-state index in [-0.39, 0.29) is 0 Å². The van der Waals surface area contributed by atoms with Crippen molar-refractivity contribution in [2.75, 3.05) is 17.2 Å². The summed E-state index contributed by atoms with van der Waals surface area (Å²) in [7, 11) is 2.00. The molecule has 2 aromatic carbocycles. The third-order valence-corrected chi connectivity index (χ3v) is 4.01. The number of benzene rings is 2. The van der Waals surface area contributed by atoms with Crippen molar-refractivity contribution < 1.29 is 4.74 Å². The highest BCUT2D eigenvalue weighted by molar-refractivity contribution is 7.80. The minimum absolute atomic E-state index is 0.508. The molecule has 0 saturated carbocycles. The number of ether oxygens (including phenoxy) is 1. The lowest BCUT2D eigenvalue weighted by Crippen LogP contribution is -2.20. The molecular formula is C18H20N4OS. The van der Waals surface area contributed by atoms with Crippen LogP contribution >= 0.6 is 12.2 Å². The van der Waals surface area contributed by atoms with E-state index in [0.29, 0.717) is 11.7 Å². The number of thiocarbonyl (C=S) groups is 1. The predicted molar refractivity (Wildman–Crippen MR) is 103 cm³/mol. The maximum atomic E-state index is 5.62. The quantitative estimate of drug-likeness (QED) is 0.701. The third-order valence-electron chi connectivity index (χ3n) is 3.80. The Morgan fingerprint density at radius 3 is 2.62 bits per heavy atom. The summed E-state index contributed by atoms with van der Waals surface area (Å²) in [5.41, 5.74) is 3.72. The summed E-state index contributed by atoms with van der Waals surface area (Å²) < 4.78 is 7.67. The Kier molecular flexibility index (Phi) is 4.66. The van der Waals surface area contributed by atoms with E-state index in [1.54, 1.807) is 0 Å². The molecular weight excluding hydrogens is 320 g/mol. The highest BCUT2D eigenvalue weighted by Gasteiger charge is 2.11. The van der Waals surface area contributed by atoms with Gasteiger partial charge in [0.2, 0.25) is 0 Å². The Labute approximate surface area is 146 Å². The van der Waals surface area contributed by atoms with Gasteiger partial charge in [-0.25, -0.2) is 4.98 Å². The molecule has 6 heteroatoms. The maximum Gasteiger partial charge on any atom is 0.175 e. The molecule has 0 fully saturated rings. The summed E-state index contributed by atoms with van der Waals surface area (Å²) >= 11 is 5.47. The van der Waals surface area contributed by atoms with Gasteiger partial charge in [0, 0.05) is 7.05 Å². The van der Waals surface area contributed by atoms with Crippen molar-refractivity contribution in [2.24, 2.45) is 7.05 Å². The van der Waals surface area contributed by atoms with Crippen molar-refractivity contribution in [3.63, 3.8) is 0 Å². The topological polar surface area (TPSA) is 51.1 Å². The Balaban J connectivity index is 1.84. The second-order valence-electron chi connectivity index (χ2n) is 5.40. The molecule has 1 heterocycles. The van der Waals surface area contributed by atoms with Crippen LogP contribution in [0, 0.1) is 6.92 Å². The zero-order valence-electron chi connectivity index (χ0n) is 14.0. The van der Waals surface area contributed by atoms with Crippen molar-refractivity contribution in [3.05, 3.63) is 48.3 Å². The summed E-state index contributed by atoms with van der Waals surface area (Å²) in [6.07, 6.45) is 0. The van der Waals surface area contributed by atoms with Gasteiger partial charge in [-0.15, -0.1) is 0 Å². The lowest BCUT2D eigenvalue weighted by Gasteiger charge is -2.15. The molecule has 0 amide bonds. The fourth-order valence-corrected chi connectivity index (χ4v) is 2.83. The molecule has 2 N–H and O–H groups in total. The van der Waals surface area contributed by atoms with Gasteiger partial charge >= 0.3 is 0 Å². The van der Waals surface area contributed by atoms with Gasteiger partial charge in [-0.2, -0.15) is 0 Å². The van der Waals surface area contributed by atoms with Crippen LogP contribution in [-0.2, 0) is 7.05 Å². The Morgan fingerprint density at radius 2 is 1.83 bits per heavy atom. The second kappa shape index (κ2) is 6.88. The standard InChI is InChI=1S/C18H20N4OS/c1-4-23-16-11-6-5-8-13(16)20-18(24)21-15-10-7-9-14-17(15)22(3)12(2)19-14/h5-11H,4H2,1-3H3,(H2,20,21,24). The fraction of sp³-hybridized carbons (Fsp3) is 0.222. The highest BCUT2D eigenvalue weighted by atomic mass is 32.1. The first-order valence-corrected chi connectivity index (χ1v) is 8.23. The van der Waals surface area contributed by atoms with E-state index in [4.69, 9.17) is 17.0 Å². The molecule has 0 saturated heterocycles. The fourth-order valence-electron chi connectivity index (χ4n) is 2.61. The first-order valence-electron chi connectivity index (χ1n) is 7.82. The van der Waals surface area contributed by atoms with Gasteiger partial charge < -0.3 is 19.9 Å². The largest absolute Gasteiger partial charge is 0.492 e. The van der Waals surface area contributed by atoms with E-state index < -0.39 is 0 Å². The molecule has 3 aromatic rings. The normalized spacial score (nSPS) is 10.6. The lowest BCUT2D eigenvalue weighted by atomic mass is 10.2. The van der Waals surface area contributed by atoms with Gasteiger partial charge in [0.15, 0.2) is 5.11 Å². The molecule has 1 aromatic heterocycles. The molecule has 0 radical (unpaired) electrons. The molecule has 0 bridgehead atoms. The number of fused-ring (bicyclic) bond motifs is 1. The first-order chi connectivity index (χ1) is 11.6. The zero-order chi connectivity index (χ0) is 17.1. The average molecular weight is 340 g/mol. The van der Waals surface area contributed by atoms with E-state index >= 15 is 0 Å². The number of aryl methyl sites for hydroxylation is 2. The molecule has 0 aliphatic carbocycles. The van der Waals surface area contributed by atoms with E-state index in [1.165, 1.54) is 0 Å². The van der Waals surface area contributed by atoms with Crippen LogP contribution in [-0.4, -0.2) is 21.3 Å². The van der Waals surface area contributed by atoms with Gasteiger partial charge in [0.1, 0.15) is 11.6 Å². The van der Waals surface area contributed by atoms with Crippen LogP contribution in [0.3, 0.4) is 0 Å². The number of imidazole rings is 1. The van der Waals surface area contributed by atoms with E-state index in [9.17, 15) is 0 Å². The van der Waals surface area contributed by atoms with Gasteiger partial charge in [-0.1, -0.05) is 18.2 Å². The van der Waals surface area contributed by atoms with Crippen molar-refractivity contribution in [1.82, 2.24) is 9.55 Å². The number of nitrogens with one attached hydrogen (secondary N) is 2. The summed E-state index contributed by atoms with van der Waals surface area (Å²) in [6.45, 7) is 4.55. The molecule has 0 unspecified atom stereocenters. The molecule has 0 atom stereocenters. The second-order valence-corrected chi connectivity index (χ2v) is 5.81. The molecule has 124 valence electrons. The molecule has 0 aliphatic rings. The highest BCUT2D eigenvalue weighted by Crippen LogP contribution is 2.26. The molecule has 3 rings (SSSR count). The van der Waals surface area contributed by atoms with Crippen LogP contribution < -0.4 is 15.4 Å². The van der Waals surface area contributed by atoms with Crippen LogP contribution in [0.25, 0.3) is 11.0 Å². The molecule has 5 nitrogen and oxygen atoms in total. The van der Waals surface area contributed by atoms with Crippen LogP contribution in [0.5, 0.6) is 5.75 Å². The minimum atomic E-state index is 0.508. The van der Waals surface area contributed by atoms with Crippen molar-refractivity contribution in [3.8, 4) is 5.75 Å².